The van der Waals surface area contributed by atoms with Crippen LogP contribution in [0.4, 0.5) is 4.39 Å². The lowest BCUT2D eigenvalue weighted by Crippen LogP contribution is -2.33. The maximum absolute atomic E-state index is 14.0. The lowest BCUT2D eigenvalue weighted by molar-refractivity contribution is 0.505. The zero-order valence-electron chi connectivity index (χ0n) is 11.9. The average molecular weight is 371 g/mol. The summed E-state index contributed by atoms with van der Waals surface area (Å²) in [4.78, 5) is 0. The number of halogens is 3. The summed E-state index contributed by atoms with van der Waals surface area (Å²) in [5.41, 5.74) is 1.89. The van der Waals surface area contributed by atoms with Crippen LogP contribution in [0.3, 0.4) is 0 Å². The first-order valence-electron chi connectivity index (χ1n) is 7.00. The largest absolute Gasteiger partial charge is 0.314 e. The van der Waals surface area contributed by atoms with Gasteiger partial charge in [0.05, 0.1) is 0 Å². The maximum atomic E-state index is 14.0. The Bertz CT molecular complexity index is 603. The first kappa shape index (κ1) is 16.5. The van der Waals surface area contributed by atoms with Crippen LogP contribution in [-0.4, -0.2) is 12.6 Å². The zero-order chi connectivity index (χ0) is 15.2. The Hall–Kier alpha value is -0.900. The Morgan fingerprint density at radius 2 is 2.00 bits per heavy atom. The summed E-state index contributed by atoms with van der Waals surface area (Å²) in [6, 6.07) is 13.2. The Morgan fingerprint density at radius 3 is 2.67 bits per heavy atom. The molecule has 112 valence electrons. The minimum absolute atomic E-state index is 0.168. The highest BCUT2D eigenvalue weighted by molar-refractivity contribution is 9.10. The SMILES string of the molecule is CCNC(Cc1cccc(Cl)c1)Cc1ccc(Br)cc1F. The summed E-state index contributed by atoms with van der Waals surface area (Å²) in [6.07, 6.45) is 1.48. The van der Waals surface area contributed by atoms with Gasteiger partial charge in [0.15, 0.2) is 0 Å². The summed E-state index contributed by atoms with van der Waals surface area (Å²) in [5, 5.41) is 4.15. The smallest absolute Gasteiger partial charge is 0.127 e. The van der Waals surface area contributed by atoms with Crippen LogP contribution >= 0.6 is 27.5 Å². The molecule has 2 aromatic carbocycles. The highest BCUT2D eigenvalue weighted by Crippen LogP contribution is 2.18. The van der Waals surface area contributed by atoms with Gasteiger partial charge in [-0.05, 0) is 54.8 Å². The van der Waals surface area contributed by atoms with E-state index in [1.54, 1.807) is 0 Å². The summed E-state index contributed by atoms with van der Waals surface area (Å²) in [7, 11) is 0. The molecule has 1 N–H and O–H groups in total. The number of likely N-dealkylation sites (N-methyl/N-ethyl adjacent to an activating group) is 1. The van der Waals surface area contributed by atoms with Gasteiger partial charge in [0.2, 0.25) is 0 Å². The molecule has 0 saturated carbocycles. The van der Waals surface area contributed by atoms with Gasteiger partial charge in [0.1, 0.15) is 5.82 Å². The van der Waals surface area contributed by atoms with Gasteiger partial charge in [-0.2, -0.15) is 0 Å². The van der Waals surface area contributed by atoms with E-state index in [9.17, 15) is 4.39 Å². The second-order valence-corrected chi connectivity index (χ2v) is 6.38. The molecule has 0 aromatic heterocycles. The predicted octanol–water partition coefficient (Wildman–Crippen LogP) is 5.00. The lowest BCUT2D eigenvalue weighted by Gasteiger charge is -2.19. The molecule has 0 heterocycles. The second-order valence-electron chi connectivity index (χ2n) is 5.03. The van der Waals surface area contributed by atoms with Gasteiger partial charge in [0, 0.05) is 15.5 Å². The van der Waals surface area contributed by atoms with Crippen LogP contribution < -0.4 is 5.32 Å². The van der Waals surface area contributed by atoms with Gasteiger partial charge in [-0.15, -0.1) is 0 Å². The molecule has 2 rings (SSSR count). The van der Waals surface area contributed by atoms with Crippen molar-refractivity contribution < 1.29 is 4.39 Å². The van der Waals surface area contributed by atoms with E-state index in [0.29, 0.717) is 6.42 Å². The van der Waals surface area contributed by atoms with Crippen LogP contribution in [0.25, 0.3) is 0 Å². The molecule has 0 amide bonds. The molecule has 0 aliphatic heterocycles. The van der Waals surface area contributed by atoms with E-state index in [1.165, 1.54) is 6.07 Å². The Balaban J connectivity index is 2.11. The number of nitrogens with one attached hydrogen (secondary N) is 1. The van der Waals surface area contributed by atoms with E-state index in [1.807, 2.05) is 36.4 Å². The molecule has 0 bridgehead atoms. The standard InChI is InChI=1S/C17H18BrClFN/c1-2-21-16(9-12-4-3-5-15(19)8-12)10-13-6-7-14(18)11-17(13)20/h3-8,11,16,21H,2,9-10H2,1H3. The average Bonchev–Trinajstić information content (AvgIpc) is 2.42. The van der Waals surface area contributed by atoms with Crippen molar-refractivity contribution in [1.82, 2.24) is 5.32 Å². The molecular formula is C17H18BrClFN. The van der Waals surface area contributed by atoms with Gasteiger partial charge in [-0.25, -0.2) is 4.39 Å². The van der Waals surface area contributed by atoms with Gasteiger partial charge in [-0.3, -0.25) is 0 Å². The van der Waals surface area contributed by atoms with E-state index < -0.39 is 0 Å². The lowest BCUT2D eigenvalue weighted by atomic mass is 9.98. The molecule has 0 aliphatic carbocycles. The molecule has 0 aliphatic rings. The van der Waals surface area contributed by atoms with Crippen molar-refractivity contribution in [2.75, 3.05) is 6.54 Å². The van der Waals surface area contributed by atoms with Crippen molar-refractivity contribution in [2.45, 2.75) is 25.8 Å². The van der Waals surface area contributed by atoms with Crippen LogP contribution in [0, 0.1) is 5.82 Å². The molecule has 21 heavy (non-hydrogen) atoms. The van der Waals surface area contributed by atoms with Crippen LogP contribution in [0.15, 0.2) is 46.9 Å². The Labute approximate surface area is 138 Å². The first-order chi connectivity index (χ1) is 10.1. The van der Waals surface area contributed by atoms with E-state index >= 15 is 0 Å². The van der Waals surface area contributed by atoms with Crippen molar-refractivity contribution in [3.05, 3.63) is 68.9 Å². The summed E-state index contributed by atoms with van der Waals surface area (Å²) < 4.78 is 14.7. The monoisotopic (exact) mass is 369 g/mol. The third-order valence-corrected chi connectivity index (χ3v) is 4.07. The van der Waals surface area contributed by atoms with Crippen LogP contribution in [0.5, 0.6) is 0 Å². The van der Waals surface area contributed by atoms with E-state index in [0.717, 1.165) is 33.6 Å². The van der Waals surface area contributed by atoms with E-state index in [-0.39, 0.29) is 11.9 Å². The highest BCUT2D eigenvalue weighted by atomic mass is 79.9. The molecular weight excluding hydrogens is 353 g/mol. The van der Waals surface area contributed by atoms with E-state index in [2.05, 4.69) is 28.2 Å². The summed E-state index contributed by atoms with van der Waals surface area (Å²) in [6.45, 7) is 2.91. The van der Waals surface area contributed by atoms with Crippen LogP contribution in [-0.2, 0) is 12.8 Å². The first-order valence-corrected chi connectivity index (χ1v) is 8.17. The van der Waals surface area contributed by atoms with Gasteiger partial charge >= 0.3 is 0 Å². The van der Waals surface area contributed by atoms with Crippen molar-refractivity contribution in [1.29, 1.82) is 0 Å². The molecule has 1 atom stereocenters. The van der Waals surface area contributed by atoms with Crippen molar-refractivity contribution in [2.24, 2.45) is 0 Å². The fraction of sp³-hybridized carbons (Fsp3) is 0.294. The highest BCUT2D eigenvalue weighted by Gasteiger charge is 2.13. The minimum Gasteiger partial charge on any atom is -0.314 e. The van der Waals surface area contributed by atoms with Gasteiger partial charge in [-0.1, -0.05) is 52.7 Å². The molecule has 0 saturated heterocycles. The van der Waals surface area contributed by atoms with Gasteiger partial charge < -0.3 is 5.32 Å². The molecule has 0 radical (unpaired) electrons. The number of benzene rings is 2. The van der Waals surface area contributed by atoms with Crippen LogP contribution in [0.1, 0.15) is 18.1 Å². The normalized spacial score (nSPS) is 12.4. The maximum Gasteiger partial charge on any atom is 0.127 e. The molecule has 0 fully saturated rings. The van der Waals surface area contributed by atoms with Crippen LogP contribution in [0.2, 0.25) is 5.02 Å². The Kier molecular flexibility index (Phi) is 6.22. The zero-order valence-corrected chi connectivity index (χ0v) is 14.2. The summed E-state index contributed by atoms with van der Waals surface area (Å²) >= 11 is 9.31. The van der Waals surface area contributed by atoms with Crippen molar-refractivity contribution >= 4 is 27.5 Å². The Morgan fingerprint density at radius 1 is 1.19 bits per heavy atom. The third kappa shape index (κ3) is 5.10. The molecule has 2 aromatic rings. The number of hydrogen-bond donors (Lipinski definition) is 1. The molecule has 1 nitrogen and oxygen atoms in total. The number of hydrogen-bond acceptors (Lipinski definition) is 1. The topological polar surface area (TPSA) is 12.0 Å². The molecule has 4 heteroatoms. The predicted molar refractivity (Wildman–Crippen MR) is 90.4 cm³/mol. The van der Waals surface area contributed by atoms with Gasteiger partial charge in [0.25, 0.3) is 0 Å². The summed E-state index contributed by atoms with van der Waals surface area (Å²) in [5.74, 6) is -0.168. The molecule has 0 spiro atoms. The molecule has 1 unspecified atom stereocenters. The van der Waals surface area contributed by atoms with E-state index in [4.69, 9.17) is 11.6 Å². The fourth-order valence-electron chi connectivity index (χ4n) is 2.41. The third-order valence-electron chi connectivity index (χ3n) is 3.35. The minimum atomic E-state index is -0.168. The van der Waals surface area contributed by atoms with Crippen molar-refractivity contribution in [3.63, 3.8) is 0 Å². The quantitative estimate of drug-likeness (QED) is 0.754. The fourth-order valence-corrected chi connectivity index (χ4v) is 2.95. The van der Waals surface area contributed by atoms with Crippen molar-refractivity contribution in [3.8, 4) is 0 Å². The number of rotatable bonds is 6. The second kappa shape index (κ2) is 7.92.